The average molecular weight is 264 g/mol. The first kappa shape index (κ1) is 11.7. The van der Waals surface area contributed by atoms with Gasteiger partial charge in [0.25, 0.3) is 0 Å². The molecule has 19 heavy (non-hydrogen) atoms. The van der Waals surface area contributed by atoms with Crippen molar-refractivity contribution < 1.29 is 19.4 Å². The molecule has 0 aromatic rings. The zero-order chi connectivity index (χ0) is 13.3. The van der Waals surface area contributed by atoms with Crippen LogP contribution in [0.25, 0.3) is 0 Å². The fourth-order valence-corrected chi connectivity index (χ4v) is 6.31. The molecule has 4 aliphatic carbocycles. The van der Waals surface area contributed by atoms with Crippen molar-refractivity contribution in [3.63, 3.8) is 0 Å². The van der Waals surface area contributed by atoms with Crippen LogP contribution >= 0.6 is 0 Å². The van der Waals surface area contributed by atoms with Crippen LogP contribution in [0.3, 0.4) is 0 Å². The molecule has 4 nitrogen and oxygen atoms in total. The summed E-state index contributed by atoms with van der Waals surface area (Å²) in [6, 6.07) is 0. The molecule has 0 aliphatic heterocycles. The van der Waals surface area contributed by atoms with Gasteiger partial charge >= 0.3 is 11.9 Å². The van der Waals surface area contributed by atoms with E-state index in [1.165, 1.54) is 7.11 Å². The summed E-state index contributed by atoms with van der Waals surface area (Å²) in [5.41, 5.74) is 0. The van der Waals surface area contributed by atoms with Crippen LogP contribution in [0.1, 0.15) is 25.7 Å². The lowest BCUT2D eigenvalue weighted by Crippen LogP contribution is -2.40. The summed E-state index contributed by atoms with van der Waals surface area (Å²) in [7, 11) is 1.46. The van der Waals surface area contributed by atoms with E-state index in [0.29, 0.717) is 35.5 Å². The van der Waals surface area contributed by atoms with Gasteiger partial charge in [-0.25, -0.2) is 0 Å². The summed E-state index contributed by atoms with van der Waals surface area (Å²) in [5.74, 6) is 2.41. The topological polar surface area (TPSA) is 63.6 Å². The van der Waals surface area contributed by atoms with Crippen molar-refractivity contribution in [3.8, 4) is 0 Å². The predicted octanol–water partition coefficient (Wildman–Crippen LogP) is 1.79. The number of carboxylic acids is 1. The third-order valence-electron chi connectivity index (χ3n) is 6.64. The number of hydrogen-bond donors (Lipinski definition) is 1. The van der Waals surface area contributed by atoms with E-state index >= 15 is 0 Å². The third kappa shape index (κ3) is 1.35. The van der Waals surface area contributed by atoms with E-state index in [2.05, 4.69) is 0 Å². The number of hydrogen-bond acceptors (Lipinski definition) is 3. The first-order valence-corrected chi connectivity index (χ1v) is 7.42. The summed E-state index contributed by atoms with van der Waals surface area (Å²) in [4.78, 5) is 23.2. The maximum atomic E-state index is 11.9. The number of aliphatic carboxylic acids is 1. The van der Waals surface area contributed by atoms with Crippen molar-refractivity contribution >= 4 is 11.9 Å². The Morgan fingerprint density at radius 3 is 2.11 bits per heavy atom. The molecule has 0 aromatic carbocycles. The maximum absolute atomic E-state index is 11.9. The minimum atomic E-state index is -0.622. The Morgan fingerprint density at radius 1 is 0.947 bits per heavy atom. The molecular weight excluding hydrogens is 244 g/mol. The number of carboxylic acid groups (broad SMARTS) is 1. The Bertz CT molecular complexity index is 445. The highest BCUT2D eigenvalue weighted by atomic mass is 16.5. The molecule has 4 aliphatic rings. The Balaban J connectivity index is 1.62. The lowest BCUT2D eigenvalue weighted by atomic mass is 9.64. The average Bonchev–Trinajstić information content (AvgIpc) is 3.12. The van der Waals surface area contributed by atoms with Crippen molar-refractivity contribution in [2.45, 2.75) is 25.7 Å². The zero-order valence-electron chi connectivity index (χ0n) is 11.1. The van der Waals surface area contributed by atoms with E-state index < -0.39 is 5.97 Å². The summed E-state index contributed by atoms with van der Waals surface area (Å²) >= 11 is 0. The monoisotopic (exact) mass is 264 g/mol. The number of methoxy groups -OCH3 is 1. The summed E-state index contributed by atoms with van der Waals surface area (Å²) in [6.07, 6.45) is 4.09. The number of fused-ring (bicyclic) bond motifs is 9. The molecule has 0 aromatic heterocycles. The molecular formula is C15H20O4. The van der Waals surface area contributed by atoms with Gasteiger partial charge in [-0.1, -0.05) is 0 Å². The van der Waals surface area contributed by atoms with E-state index in [-0.39, 0.29) is 17.8 Å². The standard InChI is InChI=1S/C15H20O4/c1-19-15(18)11-5-7-3-9(11)13-8-2-6(12(7)13)4-10(8)14(16)17/h6-13H,2-5H2,1H3,(H,16,17). The molecule has 0 saturated heterocycles. The lowest BCUT2D eigenvalue weighted by molar-refractivity contribution is -0.150. The molecule has 0 amide bonds. The van der Waals surface area contributed by atoms with Crippen molar-refractivity contribution in [2.75, 3.05) is 7.11 Å². The summed E-state index contributed by atoms with van der Waals surface area (Å²) in [6.45, 7) is 0. The predicted molar refractivity (Wildman–Crippen MR) is 66.0 cm³/mol. The SMILES string of the molecule is COC(=O)C1CC2CC1C1C3CC(CC3C(=O)O)C21. The second kappa shape index (κ2) is 3.74. The summed E-state index contributed by atoms with van der Waals surface area (Å²) in [5, 5.41) is 9.36. The van der Waals surface area contributed by atoms with E-state index in [1.54, 1.807) is 0 Å². The van der Waals surface area contributed by atoms with Crippen LogP contribution in [0.4, 0.5) is 0 Å². The van der Waals surface area contributed by atoms with Crippen LogP contribution in [0.15, 0.2) is 0 Å². The van der Waals surface area contributed by atoms with Gasteiger partial charge in [0.1, 0.15) is 0 Å². The Morgan fingerprint density at radius 2 is 1.53 bits per heavy atom. The van der Waals surface area contributed by atoms with Crippen LogP contribution in [0, 0.1) is 47.3 Å². The molecule has 8 atom stereocenters. The first-order valence-electron chi connectivity index (χ1n) is 7.42. The highest BCUT2D eigenvalue weighted by Gasteiger charge is 2.66. The molecule has 4 fully saturated rings. The fourth-order valence-electron chi connectivity index (χ4n) is 6.31. The van der Waals surface area contributed by atoms with Crippen molar-refractivity contribution in [1.82, 2.24) is 0 Å². The van der Waals surface area contributed by atoms with Gasteiger partial charge in [-0.15, -0.1) is 0 Å². The van der Waals surface area contributed by atoms with Gasteiger partial charge in [0.05, 0.1) is 18.9 Å². The molecule has 4 bridgehead atoms. The van der Waals surface area contributed by atoms with Gasteiger partial charge in [-0.3, -0.25) is 9.59 Å². The van der Waals surface area contributed by atoms with E-state index in [9.17, 15) is 14.7 Å². The lowest BCUT2D eigenvalue weighted by Gasteiger charge is -2.39. The van der Waals surface area contributed by atoms with Crippen LogP contribution in [0.2, 0.25) is 0 Å². The number of rotatable bonds is 2. The molecule has 4 heteroatoms. The normalized spacial score (nSPS) is 53.3. The third-order valence-corrected chi connectivity index (χ3v) is 6.64. The van der Waals surface area contributed by atoms with Crippen molar-refractivity contribution in [1.29, 1.82) is 0 Å². The van der Waals surface area contributed by atoms with E-state index in [4.69, 9.17) is 4.74 Å². The van der Waals surface area contributed by atoms with Gasteiger partial charge in [-0.05, 0) is 61.2 Å². The van der Waals surface area contributed by atoms with Gasteiger partial charge in [0.15, 0.2) is 0 Å². The fraction of sp³-hybridized carbons (Fsp3) is 0.867. The largest absolute Gasteiger partial charge is 0.481 e. The second-order valence-corrected chi connectivity index (χ2v) is 7.02. The number of esters is 1. The minimum absolute atomic E-state index is 0.0463. The summed E-state index contributed by atoms with van der Waals surface area (Å²) < 4.78 is 4.93. The molecule has 4 saturated carbocycles. The molecule has 4 rings (SSSR count). The number of carbonyl (C=O) groups excluding carboxylic acids is 1. The quantitative estimate of drug-likeness (QED) is 0.610. The van der Waals surface area contributed by atoms with E-state index in [0.717, 1.165) is 25.7 Å². The molecule has 0 heterocycles. The number of carbonyl (C=O) groups is 2. The Kier molecular flexibility index (Phi) is 2.31. The molecule has 0 spiro atoms. The smallest absolute Gasteiger partial charge is 0.308 e. The van der Waals surface area contributed by atoms with Crippen LogP contribution in [-0.2, 0) is 14.3 Å². The highest BCUT2D eigenvalue weighted by Crippen LogP contribution is 2.70. The van der Waals surface area contributed by atoms with E-state index in [1.807, 2.05) is 0 Å². The minimum Gasteiger partial charge on any atom is -0.481 e. The molecule has 8 unspecified atom stereocenters. The van der Waals surface area contributed by atoms with Crippen LogP contribution < -0.4 is 0 Å². The van der Waals surface area contributed by atoms with Crippen LogP contribution in [0.5, 0.6) is 0 Å². The van der Waals surface area contributed by atoms with Gasteiger partial charge in [0, 0.05) is 0 Å². The molecule has 0 radical (unpaired) electrons. The Hall–Kier alpha value is -1.06. The van der Waals surface area contributed by atoms with Gasteiger partial charge in [0.2, 0.25) is 0 Å². The maximum Gasteiger partial charge on any atom is 0.308 e. The van der Waals surface area contributed by atoms with Gasteiger partial charge < -0.3 is 9.84 Å². The van der Waals surface area contributed by atoms with Crippen LogP contribution in [-0.4, -0.2) is 24.2 Å². The molecule has 1 N–H and O–H groups in total. The highest BCUT2D eigenvalue weighted by molar-refractivity contribution is 5.74. The molecule has 104 valence electrons. The second-order valence-electron chi connectivity index (χ2n) is 7.02. The van der Waals surface area contributed by atoms with Crippen molar-refractivity contribution in [2.24, 2.45) is 47.3 Å². The zero-order valence-corrected chi connectivity index (χ0v) is 11.1. The number of ether oxygens (including phenoxy) is 1. The van der Waals surface area contributed by atoms with Gasteiger partial charge in [-0.2, -0.15) is 0 Å². The first-order chi connectivity index (χ1) is 9.11. The Labute approximate surface area is 112 Å². The van der Waals surface area contributed by atoms with Crippen molar-refractivity contribution in [3.05, 3.63) is 0 Å².